The molecular formula is C14H17NO5. The number of hydrogen-bond donors (Lipinski definition) is 1. The number of rotatable bonds is 5. The third kappa shape index (κ3) is 5.90. The molecule has 0 aliphatic heterocycles. The number of amides is 1. The summed E-state index contributed by atoms with van der Waals surface area (Å²) >= 11 is 0. The van der Waals surface area contributed by atoms with Gasteiger partial charge in [0.05, 0.1) is 7.11 Å². The van der Waals surface area contributed by atoms with E-state index in [0.29, 0.717) is 11.5 Å². The van der Waals surface area contributed by atoms with Crippen molar-refractivity contribution >= 4 is 11.9 Å². The lowest BCUT2D eigenvalue weighted by molar-refractivity contribution is -0.154. The Morgan fingerprint density at radius 3 is 2.30 bits per heavy atom. The predicted molar refractivity (Wildman–Crippen MR) is 72.2 cm³/mol. The number of carbonyl (C=O) groups excluding carboxylic acids is 2. The van der Waals surface area contributed by atoms with Crippen molar-refractivity contribution in [2.24, 2.45) is 0 Å². The standard InChI is InChI=1S/C14H17NO5/c1-10(2)8-14(17)20-15-13(16)9-19-12-6-4-11(18-3)5-7-12/h4-8H,9H2,1-3H3,(H,15,16). The van der Waals surface area contributed by atoms with Crippen molar-refractivity contribution in [1.29, 1.82) is 0 Å². The number of ether oxygens (including phenoxy) is 2. The van der Waals surface area contributed by atoms with Crippen molar-refractivity contribution in [1.82, 2.24) is 5.48 Å². The molecule has 6 nitrogen and oxygen atoms in total. The maximum atomic E-state index is 11.4. The molecule has 0 fully saturated rings. The highest BCUT2D eigenvalue weighted by atomic mass is 16.7. The molecule has 0 heterocycles. The van der Waals surface area contributed by atoms with Crippen molar-refractivity contribution in [3.8, 4) is 11.5 Å². The summed E-state index contributed by atoms with van der Waals surface area (Å²) in [4.78, 5) is 27.0. The first kappa shape index (κ1) is 15.6. The maximum absolute atomic E-state index is 11.4. The van der Waals surface area contributed by atoms with Gasteiger partial charge in [-0.3, -0.25) is 4.79 Å². The summed E-state index contributed by atoms with van der Waals surface area (Å²) in [6, 6.07) is 6.76. The van der Waals surface area contributed by atoms with Crippen LogP contribution in [0, 0.1) is 0 Å². The lowest BCUT2D eigenvalue weighted by atomic mass is 10.3. The number of allylic oxidation sites excluding steroid dienone is 1. The summed E-state index contributed by atoms with van der Waals surface area (Å²) in [5.74, 6) is 0.00755. The molecule has 1 aromatic carbocycles. The molecule has 1 rings (SSSR count). The Morgan fingerprint density at radius 2 is 1.75 bits per heavy atom. The van der Waals surface area contributed by atoms with Gasteiger partial charge >= 0.3 is 5.97 Å². The number of methoxy groups -OCH3 is 1. The van der Waals surface area contributed by atoms with Gasteiger partial charge in [0.15, 0.2) is 6.61 Å². The fourth-order valence-corrected chi connectivity index (χ4v) is 1.22. The maximum Gasteiger partial charge on any atom is 0.355 e. The zero-order valence-electron chi connectivity index (χ0n) is 11.6. The van der Waals surface area contributed by atoms with Crippen LogP contribution in [-0.2, 0) is 14.4 Å². The average Bonchev–Trinajstić information content (AvgIpc) is 2.42. The van der Waals surface area contributed by atoms with E-state index in [1.165, 1.54) is 6.08 Å². The van der Waals surface area contributed by atoms with Crippen molar-refractivity contribution in [2.45, 2.75) is 13.8 Å². The smallest absolute Gasteiger partial charge is 0.355 e. The lowest BCUT2D eigenvalue weighted by Gasteiger charge is -2.07. The Bertz CT molecular complexity index is 489. The number of hydroxylamine groups is 1. The van der Waals surface area contributed by atoms with E-state index in [2.05, 4.69) is 4.84 Å². The third-order valence-electron chi connectivity index (χ3n) is 2.10. The van der Waals surface area contributed by atoms with E-state index in [1.54, 1.807) is 45.2 Å². The molecule has 0 aliphatic carbocycles. The van der Waals surface area contributed by atoms with Crippen LogP contribution in [0.1, 0.15) is 13.8 Å². The van der Waals surface area contributed by atoms with Crippen LogP contribution in [0.4, 0.5) is 0 Å². The van der Waals surface area contributed by atoms with E-state index in [0.717, 1.165) is 5.57 Å². The molecule has 1 N–H and O–H groups in total. The van der Waals surface area contributed by atoms with Gasteiger partial charge in [-0.15, -0.1) is 0 Å². The Kier molecular flexibility index (Phi) is 6.09. The fraction of sp³-hybridized carbons (Fsp3) is 0.286. The number of carbonyl (C=O) groups is 2. The summed E-state index contributed by atoms with van der Waals surface area (Å²) < 4.78 is 10.2. The first-order chi connectivity index (χ1) is 9.51. The second kappa shape index (κ2) is 7.83. The highest BCUT2D eigenvalue weighted by Gasteiger charge is 2.05. The summed E-state index contributed by atoms with van der Waals surface area (Å²) in [6.45, 7) is 3.24. The summed E-state index contributed by atoms with van der Waals surface area (Å²) in [5, 5.41) is 0. The van der Waals surface area contributed by atoms with E-state index < -0.39 is 11.9 Å². The molecule has 20 heavy (non-hydrogen) atoms. The molecule has 6 heteroatoms. The van der Waals surface area contributed by atoms with Crippen LogP contribution in [0.25, 0.3) is 0 Å². The molecule has 0 atom stereocenters. The molecule has 108 valence electrons. The third-order valence-corrected chi connectivity index (χ3v) is 2.10. The average molecular weight is 279 g/mol. The van der Waals surface area contributed by atoms with Gasteiger partial charge in [0.2, 0.25) is 0 Å². The first-order valence-corrected chi connectivity index (χ1v) is 5.92. The SMILES string of the molecule is COc1ccc(OCC(=O)NOC(=O)C=C(C)C)cc1. The Morgan fingerprint density at radius 1 is 1.15 bits per heavy atom. The van der Waals surface area contributed by atoms with Crippen molar-refractivity contribution < 1.29 is 23.9 Å². The molecule has 0 radical (unpaired) electrons. The van der Waals surface area contributed by atoms with Gasteiger partial charge in [-0.1, -0.05) is 5.57 Å². The van der Waals surface area contributed by atoms with E-state index in [1.807, 2.05) is 5.48 Å². The van der Waals surface area contributed by atoms with Gasteiger partial charge in [0, 0.05) is 6.08 Å². The normalized spacial score (nSPS) is 9.35. The molecule has 0 saturated carbocycles. The van der Waals surface area contributed by atoms with Crippen LogP contribution < -0.4 is 15.0 Å². The molecule has 0 aliphatic rings. The van der Waals surface area contributed by atoms with Gasteiger partial charge in [-0.05, 0) is 38.1 Å². The van der Waals surface area contributed by atoms with Crippen LogP contribution in [0.3, 0.4) is 0 Å². The summed E-state index contributed by atoms with van der Waals surface area (Å²) in [7, 11) is 1.56. The zero-order chi connectivity index (χ0) is 15.0. The monoisotopic (exact) mass is 279 g/mol. The van der Waals surface area contributed by atoms with Gasteiger partial charge < -0.3 is 14.3 Å². The highest BCUT2D eigenvalue weighted by Crippen LogP contribution is 2.16. The molecule has 1 aromatic rings. The molecule has 0 saturated heterocycles. The Balaban J connectivity index is 2.32. The van der Waals surface area contributed by atoms with Crippen molar-refractivity contribution in [3.63, 3.8) is 0 Å². The fourth-order valence-electron chi connectivity index (χ4n) is 1.22. The van der Waals surface area contributed by atoms with Gasteiger partial charge in [0.1, 0.15) is 11.5 Å². The second-order valence-corrected chi connectivity index (χ2v) is 4.13. The Hall–Kier alpha value is -2.50. The zero-order valence-corrected chi connectivity index (χ0v) is 11.6. The topological polar surface area (TPSA) is 73.9 Å². The van der Waals surface area contributed by atoms with Crippen LogP contribution in [0.2, 0.25) is 0 Å². The van der Waals surface area contributed by atoms with E-state index in [4.69, 9.17) is 9.47 Å². The highest BCUT2D eigenvalue weighted by molar-refractivity contribution is 5.85. The predicted octanol–water partition coefficient (Wildman–Crippen LogP) is 1.61. The Labute approximate surface area is 117 Å². The minimum absolute atomic E-state index is 0.256. The van der Waals surface area contributed by atoms with Crippen LogP contribution in [-0.4, -0.2) is 25.6 Å². The van der Waals surface area contributed by atoms with E-state index in [-0.39, 0.29) is 6.61 Å². The van der Waals surface area contributed by atoms with Crippen LogP contribution in [0.5, 0.6) is 11.5 Å². The molecule has 0 aromatic heterocycles. The molecule has 1 amide bonds. The minimum Gasteiger partial charge on any atom is -0.497 e. The largest absolute Gasteiger partial charge is 0.497 e. The minimum atomic E-state index is -0.636. The van der Waals surface area contributed by atoms with E-state index in [9.17, 15) is 9.59 Å². The van der Waals surface area contributed by atoms with Crippen molar-refractivity contribution in [2.75, 3.05) is 13.7 Å². The van der Waals surface area contributed by atoms with Crippen molar-refractivity contribution in [3.05, 3.63) is 35.9 Å². The van der Waals surface area contributed by atoms with Gasteiger partial charge in [0.25, 0.3) is 5.91 Å². The molecule has 0 spiro atoms. The lowest BCUT2D eigenvalue weighted by Crippen LogP contribution is -2.30. The van der Waals surface area contributed by atoms with Gasteiger partial charge in [-0.2, -0.15) is 5.48 Å². The quantitative estimate of drug-likeness (QED) is 0.655. The second-order valence-electron chi connectivity index (χ2n) is 4.13. The van der Waals surface area contributed by atoms with Crippen LogP contribution >= 0.6 is 0 Å². The van der Waals surface area contributed by atoms with Crippen LogP contribution in [0.15, 0.2) is 35.9 Å². The number of benzene rings is 1. The van der Waals surface area contributed by atoms with Gasteiger partial charge in [-0.25, -0.2) is 4.79 Å². The van der Waals surface area contributed by atoms with E-state index >= 15 is 0 Å². The molecule has 0 unspecified atom stereocenters. The molecular weight excluding hydrogens is 262 g/mol. The summed E-state index contributed by atoms with van der Waals surface area (Å²) in [5.41, 5.74) is 2.77. The molecule has 0 bridgehead atoms. The summed E-state index contributed by atoms with van der Waals surface area (Å²) in [6.07, 6.45) is 1.27. The number of hydrogen-bond acceptors (Lipinski definition) is 5. The first-order valence-electron chi connectivity index (χ1n) is 5.92. The number of nitrogens with one attached hydrogen (secondary N) is 1.